The number of aliphatic hydroxyl groups is 1. The summed E-state index contributed by atoms with van der Waals surface area (Å²) < 4.78 is 1.21. The molecule has 0 aliphatic carbocycles. The van der Waals surface area contributed by atoms with E-state index in [2.05, 4.69) is 37.7 Å². The van der Waals surface area contributed by atoms with Crippen LogP contribution in [0.15, 0.2) is 42.0 Å². The first kappa shape index (κ1) is 15.4. The highest BCUT2D eigenvalue weighted by Crippen LogP contribution is 2.27. The highest BCUT2D eigenvalue weighted by atomic mass is 32.1. The van der Waals surface area contributed by atoms with Crippen molar-refractivity contribution in [1.82, 2.24) is 9.97 Å². The fourth-order valence-corrected chi connectivity index (χ4v) is 3.85. The van der Waals surface area contributed by atoms with E-state index < -0.39 is 0 Å². The van der Waals surface area contributed by atoms with E-state index in [1.807, 2.05) is 24.5 Å². The van der Waals surface area contributed by atoms with Crippen molar-refractivity contribution in [1.29, 1.82) is 0 Å². The van der Waals surface area contributed by atoms with Crippen LogP contribution in [0.3, 0.4) is 0 Å². The second kappa shape index (κ2) is 6.75. The van der Waals surface area contributed by atoms with Crippen LogP contribution in [-0.2, 0) is 6.54 Å². The molecule has 0 aromatic carbocycles. The first-order valence-corrected chi connectivity index (χ1v) is 9.11. The molecule has 0 saturated carbocycles. The molecule has 24 heavy (non-hydrogen) atoms. The van der Waals surface area contributed by atoms with E-state index in [0.717, 1.165) is 55.1 Å². The third-order valence-electron chi connectivity index (χ3n) is 4.39. The first-order chi connectivity index (χ1) is 11.8. The zero-order chi connectivity index (χ0) is 16.4. The molecule has 3 aromatic heterocycles. The number of thiophene rings is 1. The average molecular weight is 340 g/mol. The summed E-state index contributed by atoms with van der Waals surface area (Å²) in [5.41, 5.74) is 3.24. The third-order valence-corrected chi connectivity index (χ3v) is 5.25. The van der Waals surface area contributed by atoms with Crippen molar-refractivity contribution in [3.8, 4) is 0 Å². The highest BCUT2D eigenvalue weighted by Gasteiger charge is 2.20. The number of nitrogens with one attached hydrogen (secondary N) is 1. The van der Waals surface area contributed by atoms with E-state index in [4.69, 9.17) is 0 Å². The van der Waals surface area contributed by atoms with Crippen LogP contribution in [-0.4, -0.2) is 34.3 Å². The smallest absolute Gasteiger partial charge is 0.151 e. The van der Waals surface area contributed by atoms with E-state index >= 15 is 0 Å². The Bertz CT molecular complexity index is 827. The molecule has 4 rings (SSSR count). The van der Waals surface area contributed by atoms with Crippen molar-refractivity contribution < 1.29 is 5.11 Å². The van der Waals surface area contributed by atoms with Gasteiger partial charge in [0, 0.05) is 32.0 Å². The average Bonchev–Trinajstić information content (AvgIpc) is 3.09. The van der Waals surface area contributed by atoms with E-state index in [9.17, 15) is 5.11 Å². The fourth-order valence-electron chi connectivity index (χ4n) is 3.05. The molecule has 3 aromatic rings. The minimum Gasteiger partial charge on any atom is -0.393 e. The van der Waals surface area contributed by atoms with Crippen molar-refractivity contribution in [2.75, 3.05) is 23.3 Å². The van der Waals surface area contributed by atoms with E-state index in [1.54, 1.807) is 11.3 Å². The largest absolute Gasteiger partial charge is 0.393 e. The summed E-state index contributed by atoms with van der Waals surface area (Å²) in [7, 11) is 0. The molecule has 0 unspecified atom stereocenters. The number of pyridine rings is 2. The standard InChI is InChI=1S/C18H20N4OS/c23-14-3-7-22(8-4-14)18-16(2-1-6-19-18)21-12-13-10-17-15(20-11-13)5-9-24-17/h1-2,5-6,9-11,14,21,23H,3-4,7-8,12H2. The van der Waals surface area contributed by atoms with Crippen LogP contribution < -0.4 is 10.2 Å². The molecule has 6 heteroatoms. The number of hydrogen-bond donors (Lipinski definition) is 2. The number of piperidine rings is 1. The van der Waals surface area contributed by atoms with Gasteiger partial charge in [0.2, 0.25) is 0 Å². The Morgan fingerprint density at radius 3 is 3.00 bits per heavy atom. The summed E-state index contributed by atoms with van der Waals surface area (Å²) in [4.78, 5) is 11.3. The van der Waals surface area contributed by atoms with Gasteiger partial charge in [0.1, 0.15) is 0 Å². The van der Waals surface area contributed by atoms with Crippen LogP contribution in [0.25, 0.3) is 10.2 Å². The van der Waals surface area contributed by atoms with E-state index in [1.165, 1.54) is 4.70 Å². The number of aliphatic hydroxyl groups excluding tert-OH is 1. The van der Waals surface area contributed by atoms with Crippen LogP contribution in [0.2, 0.25) is 0 Å². The fraction of sp³-hybridized carbons (Fsp3) is 0.333. The van der Waals surface area contributed by atoms with Gasteiger partial charge in [-0.15, -0.1) is 11.3 Å². The van der Waals surface area contributed by atoms with Gasteiger partial charge in [-0.05, 0) is 48.1 Å². The Hall–Kier alpha value is -2.18. The number of nitrogens with zero attached hydrogens (tertiary/aromatic N) is 3. The molecular weight excluding hydrogens is 320 g/mol. The maximum absolute atomic E-state index is 9.70. The molecule has 0 spiro atoms. The third kappa shape index (κ3) is 3.20. The number of aromatic nitrogens is 2. The molecule has 4 heterocycles. The number of rotatable bonds is 4. The Morgan fingerprint density at radius 2 is 2.12 bits per heavy atom. The first-order valence-electron chi connectivity index (χ1n) is 8.23. The monoisotopic (exact) mass is 340 g/mol. The van der Waals surface area contributed by atoms with Crippen LogP contribution in [0.4, 0.5) is 11.5 Å². The quantitative estimate of drug-likeness (QED) is 0.763. The molecule has 0 atom stereocenters. The summed E-state index contributed by atoms with van der Waals surface area (Å²) in [6, 6.07) is 8.24. The van der Waals surface area contributed by atoms with Gasteiger partial charge in [0.15, 0.2) is 5.82 Å². The predicted molar refractivity (Wildman–Crippen MR) is 98.6 cm³/mol. The molecular formula is C18H20N4OS. The number of fused-ring (bicyclic) bond motifs is 1. The summed E-state index contributed by atoms with van der Waals surface area (Å²) in [5, 5.41) is 15.3. The summed E-state index contributed by atoms with van der Waals surface area (Å²) >= 11 is 1.71. The molecule has 0 radical (unpaired) electrons. The van der Waals surface area contributed by atoms with Crippen molar-refractivity contribution >= 4 is 33.1 Å². The molecule has 0 bridgehead atoms. The lowest BCUT2D eigenvalue weighted by molar-refractivity contribution is 0.145. The number of hydrogen-bond acceptors (Lipinski definition) is 6. The molecule has 0 amide bonds. The van der Waals surface area contributed by atoms with Gasteiger partial charge >= 0.3 is 0 Å². The van der Waals surface area contributed by atoms with Crippen LogP contribution in [0.5, 0.6) is 0 Å². The van der Waals surface area contributed by atoms with Gasteiger partial charge in [0.25, 0.3) is 0 Å². The lowest BCUT2D eigenvalue weighted by Gasteiger charge is -2.31. The number of anilines is 2. The van der Waals surface area contributed by atoms with Gasteiger partial charge in [0.05, 0.1) is 22.0 Å². The van der Waals surface area contributed by atoms with Crippen LogP contribution in [0, 0.1) is 0 Å². The lowest BCUT2D eigenvalue weighted by atomic mass is 10.1. The van der Waals surface area contributed by atoms with Gasteiger partial charge in [-0.2, -0.15) is 0 Å². The SMILES string of the molecule is OC1CCN(c2ncccc2NCc2cnc3ccsc3c2)CC1. The van der Waals surface area contributed by atoms with Crippen LogP contribution >= 0.6 is 11.3 Å². The Labute approximate surface area is 145 Å². The van der Waals surface area contributed by atoms with Gasteiger partial charge < -0.3 is 15.3 Å². The maximum atomic E-state index is 9.70. The minimum absolute atomic E-state index is 0.176. The summed E-state index contributed by atoms with van der Waals surface area (Å²) in [6.07, 6.45) is 5.18. The van der Waals surface area contributed by atoms with E-state index in [-0.39, 0.29) is 6.10 Å². The van der Waals surface area contributed by atoms with Gasteiger partial charge in [-0.3, -0.25) is 4.98 Å². The topological polar surface area (TPSA) is 61.3 Å². The molecule has 1 saturated heterocycles. The highest BCUT2D eigenvalue weighted by molar-refractivity contribution is 7.17. The zero-order valence-electron chi connectivity index (χ0n) is 13.4. The normalized spacial score (nSPS) is 15.8. The zero-order valence-corrected chi connectivity index (χ0v) is 14.2. The van der Waals surface area contributed by atoms with Gasteiger partial charge in [-0.1, -0.05) is 0 Å². The Kier molecular flexibility index (Phi) is 4.32. The predicted octanol–water partition coefficient (Wildman–Crippen LogP) is 3.26. The van der Waals surface area contributed by atoms with E-state index in [0.29, 0.717) is 0 Å². The summed E-state index contributed by atoms with van der Waals surface area (Å²) in [5.74, 6) is 0.967. The lowest BCUT2D eigenvalue weighted by Crippen LogP contribution is -2.36. The van der Waals surface area contributed by atoms with Crippen molar-refractivity contribution in [2.45, 2.75) is 25.5 Å². The molecule has 5 nitrogen and oxygen atoms in total. The maximum Gasteiger partial charge on any atom is 0.151 e. The molecule has 2 N–H and O–H groups in total. The Balaban J connectivity index is 1.50. The van der Waals surface area contributed by atoms with Crippen molar-refractivity contribution in [2.24, 2.45) is 0 Å². The van der Waals surface area contributed by atoms with Crippen molar-refractivity contribution in [3.63, 3.8) is 0 Å². The Morgan fingerprint density at radius 1 is 1.25 bits per heavy atom. The second-order valence-corrected chi connectivity index (χ2v) is 7.04. The van der Waals surface area contributed by atoms with Gasteiger partial charge in [-0.25, -0.2) is 4.98 Å². The second-order valence-electron chi connectivity index (χ2n) is 6.09. The minimum atomic E-state index is -0.176. The molecule has 124 valence electrons. The molecule has 1 fully saturated rings. The van der Waals surface area contributed by atoms with Crippen LogP contribution in [0.1, 0.15) is 18.4 Å². The molecule has 1 aliphatic rings. The van der Waals surface area contributed by atoms with Crippen molar-refractivity contribution in [3.05, 3.63) is 47.6 Å². The molecule has 1 aliphatic heterocycles. The summed E-state index contributed by atoms with van der Waals surface area (Å²) in [6.45, 7) is 2.40.